The quantitative estimate of drug-likeness (QED) is 0.514. The highest BCUT2D eigenvalue weighted by atomic mass is 35.5. The van der Waals surface area contributed by atoms with Crippen LogP contribution in [0, 0.1) is 11.6 Å². The van der Waals surface area contributed by atoms with E-state index < -0.39 is 52.5 Å². The van der Waals surface area contributed by atoms with E-state index in [0.29, 0.717) is 17.7 Å². The van der Waals surface area contributed by atoms with E-state index in [9.17, 15) is 27.2 Å². The molecule has 0 bridgehead atoms. The van der Waals surface area contributed by atoms with Crippen LogP contribution in [-0.2, 0) is 17.9 Å². The number of carbonyl (C=O) groups is 1. The Bertz CT molecular complexity index is 1350. The molecule has 1 amide bonds. The predicted molar refractivity (Wildman–Crippen MR) is 113 cm³/mol. The lowest BCUT2D eigenvalue weighted by Crippen LogP contribution is -2.32. The maximum Gasteiger partial charge on any atom is 0.425 e. The highest BCUT2D eigenvalue weighted by Crippen LogP contribution is 2.32. The number of alkyl halides is 3. The average Bonchev–Trinajstić information content (AvgIpc) is 3.12. The van der Waals surface area contributed by atoms with Gasteiger partial charge in [0.05, 0.1) is 29.4 Å². The maximum atomic E-state index is 15.1. The van der Waals surface area contributed by atoms with Crippen molar-refractivity contribution >= 4 is 23.2 Å². The Morgan fingerprint density at radius 2 is 2.00 bits per heavy atom. The summed E-state index contributed by atoms with van der Waals surface area (Å²) >= 11 is 5.88. The molecule has 1 aromatic heterocycles. The molecule has 35 heavy (non-hydrogen) atoms. The summed E-state index contributed by atoms with van der Waals surface area (Å²) in [6.07, 6.45) is -7.20. The molecule has 2 heterocycles. The molecular weight excluding hydrogens is 503 g/mol. The highest BCUT2D eigenvalue weighted by molar-refractivity contribution is 6.34. The summed E-state index contributed by atoms with van der Waals surface area (Å²) in [6.45, 7) is 1.06. The van der Waals surface area contributed by atoms with Crippen molar-refractivity contribution in [2.75, 3.05) is 11.9 Å². The van der Waals surface area contributed by atoms with E-state index in [4.69, 9.17) is 21.1 Å². The molecule has 0 unspecified atom stereocenters. The molecule has 0 radical (unpaired) electrons. The molecule has 186 valence electrons. The molecule has 1 atom stereocenters. The van der Waals surface area contributed by atoms with Crippen LogP contribution in [-0.4, -0.2) is 39.1 Å². The van der Waals surface area contributed by atoms with Crippen LogP contribution in [0.1, 0.15) is 23.1 Å². The molecule has 0 saturated carbocycles. The molecule has 0 aliphatic carbocycles. The van der Waals surface area contributed by atoms with Gasteiger partial charge in [-0.3, -0.25) is 9.36 Å². The number of halogens is 6. The molecule has 0 saturated heterocycles. The van der Waals surface area contributed by atoms with Gasteiger partial charge >= 0.3 is 11.9 Å². The van der Waals surface area contributed by atoms with Crippen molar-refractivity contribution in [1.29, 1.82) is 0 Å². The first-order valence-electron chi connectivity index (χ1n) is 10.1. The Balaban J connectivity index is 1.79. The molecule has 1 aliphatic rings. The largest absolute Gasteiger partial charge is 0.480 e. The summed E-state index contributed by atoms with van der Waals surface area (Å²) in [5.74, 6) is -3.38. The van der Waals surface area contributed by atoms with E-state index in [2.05, 4.69) is 10.4 Å². The smallest absolute Gasteiger partial charge is 0.425 e. The number of benzene rings is 2. The van der Waals surface area contributed by atoms with Crippen molar-refractivity contribution in [3.8, 4) is 11.4 Å². The van der Waals surface area contributed by atoms with Crippen molar-refractivity contribution in [3.63, 3.8) is 0 Å². The number of nitrogens with one attached hydrogen (secondary N) is 1. The number of fused-ring (bicyclic) bond motifs is 1. The van der Waals surface area contributed by atoms with Crippen LogP contribution in [0.15, 0.2) is 35.1 Å². The Kier molecular flexibility index (Phi) is 6.56. The van der Waals surface area contributed by atoms with Crippen molar-refractivity contribution in [2.45, 2.75) is 32.4 Å². The van der Waals surface area contributed by atoms with Gasteiger partial charge in [0.25, 0.3) is 5.91 Å². The molecule has 3 aromatic rings. The van der Waals surface area contributed by atoms with E-state index in [-0.39, 0.29) is 36.3 Å². The van der Waals surface area contributed by atoms with Gasteiger partial charge in [-0.1, -0.05) is 11.6 Å². The summed E-state index contributed by atoms with van der Waals surface area (Å²) in [4.78, 5) is 25.5. The first kappa shape index (κ1) is 24.7. The minimum atomic E-state index is -4.82. The second-order valence-corrected chi connectivity index (χ2v) is 7.90. The van der Waals surface area contributed by atoms with Crippen molar-refractivity contribution in [2.24, 2.45) is 0 Å². The van der Waals surface area contributed by atoms with Crippen LogP contribution in [0.25, 0.3) is 5.69 Å². The molecule has 1 N–H and O–H groups in total. The van der Waals surface area contributed by atoms with E-state index >= 15 is 4.39 Å². The van der Waals surface area contributed by atoms with Gasteiger partial charge < -0.3 is 14.8 Å². The van der Waals surface area contributed by atoms with Crippen LogP contribution in [0.3, 0.4) is 0 Å². The van der Waals surface area contributed by atoms with Crippen LogP contribution in [0.5, 0.6) is 5.75 Å². The number of carbonyl (C=O) groups excluding carboxylic acids is 1. The number of nitrogens with zero attached hydrogens (tertiary/aromatic N) is 3. The van der Waals surface area contributed by atoms with Crippen LogP contribution < -0.4 is 15.7 Å². The summed E-state index contributed by atoms with van der Waals surface area (Å²) in [5.41, 5.74) is -1.97. The standard InChI is InChI=1S/C21H16ClF5N4O4/c1-10(21(25,26)27)35-17-8-16(31-20(33)30-4-5-34-9-18(30)29-31)14(24)7-12(17)19(32)28-15-3-2-11(23)6-13(15)22/h2-3,6-8,10H,4-5,9H2,1H3,(H,28,32)/t10-/m0/s1. The van der Waals surface area contributed by atoms with Gasteiger partial charge in [0, 0.05) is 6.07 Å². The fourth-order valence-corrected chi connectivity index (χ4v) is 3.48. The number of hydrogen-bond donors (Lipinski definition) is 1. The summed E-state index contributed by atoms with van der Waals surface area (Å²) in [5, 5.41) is 6.06. The molecule has 0 fully saturated rings. The van der Waals surface area contributed by atoms with Gasteiger partial charge in [-0.2, -0.15) is 17.9 Å². The van der Waals surface area contributed by atoms with Gasteiger partial charge in [-0.25, -0.2) is 13.6 Å². The molecular formula is C21H16ClF5N4O4. The zero-order valence-corrected chi connectivity index (χ0v) is 18.6. The number of hydrogen-bond acceptors (Lipinski definition) is 5. The lowest BCUT2D eigenvalue weighted by atomic mass is 10.1. The van der Waals surface area contributed by atoms with E-state index in [1.807, 2.05) is 0 Å². The first-order valence-corrected chi connectivity index (χ1v) is 10.4. The lowest BCUT2D eigenvalue weighted by Gasteiger charge is -2.20. The van der Waals surface area contributed by atoms with Gasteiger partial charge in [-0.05, 0) is 31.2 Å². The minimum absolute atomic E-state index is 0.0166. The van der Waals surface area contributed by atoms with Gasteiger partial charge in [0.2, 0.25) is 0 Å². The SMILES string of the molecule is C[C@H](Oc1cc(-n2nc3n(c2=O)CCOC3)c(F)cc1C(=O)Nc1ccc(F)cc1Cl)C(F)(F)F. The summed E-state index contributed by atoms with van der Waals surface area (Å²) in [7, 11) is 0. The summed E-state index contributed by atoms with van der Waals surface area (Å²) in [6, 6.07) is 4.41. The third kappa shape index (κ3) is 5.00. The van der Waals surface area contributed by atoms with Crippen molar-refractivity contribution in [1.82, 2.24) is 14.3 Å². The molecule has 1 aliphatic heterocycles. The van der Waals surface area contributed by atoms with Gasteiger partial charge in [0.15, 0.2) is 11.9 Å². The second kappa shape index (κ2) is 9.30. The number of amides is 1. The fraction of sp³-hybridized carbons (Fsp3) is 0.286. The van der Waals surface area contributed by atoms with E-state index in [1.54, 1.807) is 0 Å². The second-order valence-electron chi connectivity index (χ2n) is 7.49. The third-order valence-electron chi connectivity index (χ3n) is 5.10. The maximum absolute atomic E-state index is 15.1. The monoisotopic (exact) mass is 518 g/mol. The van der Waals surface area contributed by atoms with Crippen LogP contribution in [0.4, 0.5) is 27.6 Å². The van der Waals surface area contributed by atoms with Gasteiger partial charge in [0.1, 0.15) is 29.7 Å². The Morgan fingerprint density at radius 3 is 2.66 bits per heavy atom. The lowest BCUT2D eigenvalue weighted by molar-refractivity contribution is -0.189. The van der Waals surface area contributed by atoms with E-state index in [1.165, 1.54) is 4.57 Å². The Morgan fingerprint density at radius 1 is 1.26 bits per heavy atom. The number of anilines is 1. The molecule has 8 nitrogen and oxygen atoms in total. The summed E-state index contributed by atoms with van der Waals surface area (Å²) < 4.78 is 80.0. The van der Waals surface area contributed by atoms with Crippen molar-refractivity contribution in [3.05, 3.63) is 68.9 Å². The predicted octanol–water partition coefficient (Wildman–Crippen LogP) is 4.08. The molecule has 0 spiro atoms. The normalized spacial score (nSPS) is 14.4. The molecule has 2 aromatic carbocycles. The fourth-order valence-electron chi connectivity index (χ4n) is 3.26. The van der Waals surface area contributed by atoms with E-state index in [0.717, 1.165) is 24.3 Å². The highest BCUT2D eigenvalue weighted by Gasteiger charge is 2.39. The van der Waals surface area contributed by atoms with Crippen LogP contribution >= 0.6 is 11.6 Å². The topological polar surface area (TPSA) is 87.4 Å². The molecule has 14 heteroatoms. The molecule has 4 rings (SSSR count). The number of ether oxygens (including phenoxy) is 2. The van der Waals surface area contributed by atoms with Crippen molar-refractivity contribution < 1.29 is 36.2 Å². The minimum Gasteiger partial charge on any atom is -0.480 e. The Labute approximate surface area is 198 Å². The Hall–Kier alpha value is -3.45. The first-order chi connectivity index (χ1) is 16.5. The zero-order chi connectivity index (χ0) is 25.5. The zero-order valence-electron chi connectivity index (χ0n) is 17.8. The van der Waals surface area contributed by atoms with Crippen LogP contribution in [0.2, 0.25) is 5.02 Å². The number of aromatic nitrogens is 3. The third-order valence-corrected chi connectivity index (χ3v) is 5.41. The van der Waals surface area contributed by atoms with Gasteiger partial charge in [-0.15, -0.1) is 5.10 Å². The average molecular weight is 519 g/mol. The number of rotatable bonds is 5.